The van der Waals surface area contributed by atoms with Crippen LogP contribution >= 0.6 is 0 Å². The zero-order valence-corrected chi connectivity index (χ0v) is 17.1. The van der Waals surface area contributed by atoms with E-state index in [1.165, 1.54) is 0 Å². The Hall–Kier alpha value is -2.67. The van der Waals surface area contributed by atoms with Crippen molar-refractivity contribution in [2.45, 2.75) is 30.7 Å². The van der Waals surface area contributed by atoms with Crippen LogP contribution in [0.5, 0.6) is 0 Å². The molecule has 1 amide bonds. The Morgan fingerprint density at radius 1 is 1.00 bits per heavy atom. The van der Waals surface area contributed by atoms with Crippen molar-refractivity contribution < 1.29 is 13.2 Å². The number of amides is 1. The molecule has 4 rings (SSSR count). The molecule has 0 aliphatic carbocycles. The monoisotopic (exact) mass is 411 g/mol. The van der Waals surface area contributed by atoms with E-state index in [4.69, 9.17) is 0 Å². The third kappa shape index (κ3) is 4.50. The van der Waals surface area contributed by atoms with E-state index < -0.39 is 9.84 Å². The standard InChI is InChI=1S/C22H25N3O3S/c26-22(12-15-29(27,28)19-6-2-1-3-7-19)24-13-10-18(11-14-24)16-25-17-23-20-8-4-5-9-21(20)25/h1-9,17-18H,10-16H2. The van der Waals surface area contributed by atoms with Crippen molar-refractivity contribution in [3.05, 3.63) is 60.9 Å². The second-order valence-electron chi connectivity index (χ2n) is 7.59. The van der Waals surface area contributed by atoms with Gasteiger partial charge >= 0.3 is 0 Å². The molecule has 7 heteroatoms. The van der Waals surface area contributed by atoms with E-state index in [1.54, 1.807) is 30.3 Å². The predicted molar refractivity (Wildman–Crippen MR) is 112 cm³/mol. The third-order valence-corrected chi connectivity index (χ3v) is 7.37. The number of aromatic nitrogens is 2. The lowest BCUT2D eigenvalue weighted by atomic mass is 9.96. The lowest BCUT2D eigenvalue weighted by molar-refractivity contribution is -0.132. The Kier molecular flexibility index (Phi) is 5.67. The first-order chi connectivity index (χ1) is 14.0. The van der Waals surface area contributed by atoms with Crippen LogP contribution in [0.4, 0.5) is 0 Å². The van der Waals surface area contributed by atoms with Gasteiger partial charge in [-0.15, -0.1) is 0 Å². The van der Waals surface area contributed by atoms with Crippen LogP contribution in [0.1, 0.15) is 19.3 Å². The maximum Gasteiger partial charge on any atom is 0.223 e. The summed E-state index contributed by atoms with van der Waals surface area (Å²) in [5.41, 5.74) is 2.14. The van der Waals surface area contributed by atoms with Gasteiger partial charge in [0, 0.05) is 26.1 Å². The fourth-order valence-electron chi connectivity index (χ4n) is 3.92. The molecule has 0 spiro atoms. The Balaban J connectivity index is 1.28. The molecule has 1 aromatic heterocycles. The van der Waals surface area contributed by atoms with Crippen LogP contribution in [0.3, 0.4) is 0 Å². The van der Waals surface area contributed by atoms with E-state index in [1.807, 2.05) is 29.4 Å². The summed E-state index contributed by atoms with van der Waals surface area (Å²) in [6.45, 7) is 2.26. The zero-order valence-electron chi connectivity index (χ0n) is 16.3. The quantitative estimate of drug-likeness (QED) is 0.625. The van der Waals surface area contributed by atoms with Gasteiger partial charge < -0.3 is 9.47 Å². The van der Waals surface area contributed by atoms with Crippen molar-refractivity contribution in [3.63, 3.8) is 0 Å². The molecule has 0 bridgehead atoms. The highest BCUT2D eigenvalue weighted by Gasteiger charge is 2.25. The van der Waals surface area contributed by atoms with Crippen LogP contribution < -0.4 is 0 Å². The molecule has 3 aromatic rings. The summed E-state index contributed by atoms with van der Waals surface area (Å²) in [5, 5.41) is 0. The minimum Gasteiger partial charge on any atom is -0.343 e. The highest BCUT2D eigenvalue weighted by molar-refractivity contribution is 7.91. The molecule has 0 saturated carbocycles. The first-order valence-corrected chi connectivity index (χ1v) is 11.6. The third-order valence-electron chi connectivity index (χ3n) is 5.64. The maximum atomic E-state index is 12.5. The van der Waals surface area contributed by atoms with Crippen molar-refractivity contribution in [2.75, 3.05) is 18.8 Å². The fourth-order valence-corrected chi connectivity index (χ4v) is 5.18. The Morgan fingerprint density at radius 3 is 2.45 bits per heavy atom. The van der Waals surface area contributed by atoms with Gasteiger partial charge in [0.05, 0.1) is 28.0 Å². The number of hydrogen-bond donors (Lipinski definition) is 0. The van der Waals surface area contributed by atoms with Crippen molar-refractivity contribution >= 4 is 26.8 Å². The molecule has 1 aliphatic rings. The van der Waals surface area contributed by atoms with Crippen LogP contribution in [0, 0.1) is 5.92 Å². The summed E-state index contributed by atoms with van der Waals surface area (Å²) in [6.07, 6.45) is 3.76. The number of fused-ring (bicyclic) bond motifs is 1. The first-order valence-electron chi connectivity index (χ1n) is 9.98. The molecular weight excluding hydrogens is 386 g/mol. The highest BCUT2D eigenvalue weighted by atomic mass is 32.2. The smallest absolute Gasteiger partial charge is 0.223 e. The van der Waals surface area contributed by atoms with Gasteiger partial charge in [0.1, 0.15) is 0 Å². The molecule has 29 heavy (non-hydrogen) atoms. The van der Waals surface area contributed by atoms with Crippen LogP contribution in [0.15, 0.2) is 65.8 Å². The predicted octanol–water partition coefficient (Wildman–Crippen LogP) is 3.14. The zero-order chi connectivity index (χ0) is 20.3. The topological polar surface area (TPSA) is 72.3 Å². The largest absolute Gasteiger partial charge is 0.343 e. The molecule has 0 unspecified atom stereocenters. The summed E-state index contributed by atoms with van der Waals surface area (Å²) < 4.78 is 26.9. The molecule has 1 aliphatic heterocycles. The van der Waals surface area contributed by atoms with Gasteiger partial charge in [0.2, 0.25) is 5.91 Å². The molecule has 2 aromatic carbocycles. The number of benzene rings is 2. The molecule has 6 nitrogen and oxygen atoms in total. The molecular formula is C22H25N3O3S. The van der Waals surface area contributed by atoms with Gasteiger partial charge in [0.15, 0.2) is 9.84 Å². The number of carbonyl (C=O) groups is 1. The van der Waals surface area contributed by atoms with Gasteiger partial charge in [-0.1, -0.05) is 30.3 Å². The minimum atomic E-state index is -3.42. The average molecular weight is 412 g/mol. The van der Waals surface area contributed by atoms with E-state index in [2.05, 4.69) is 15.6 Å². The average Bonchev–Trinajstić information content (AvgIpc) is 3.16. The summed E-state index contributed by atoms with van der Waals surface area (Å²) in [5.74, 6) is 0.275. The van der Waals surface area contributed by atoms with Crippen LogP contribution in [-0.4, -0.2) is 47.6 Å². The summed E-state index contributed by atoms with van der Waals surface area (Å²) in [7, 11) is -3.42. The summed E-state index contributed by atoms with van der Waals surface area (Å²) >= 11 is 0. The van der Waals surface area contributed by atoms with Gasteiger partial charge in [0.25, 0.3) is 0 Å². The van der Waals surface area contributed by atoms with Gasteiger partial charge in [-0.05, 0) is 43.0 Å². The number of sulfone groups is 1. The van der Waals surface area contributed by atoms with Crippen LogP contribution in [-0.2, 0) is 21.2 Å². The maximum absolute atomic E-state index is 12.5. The number of nitrogens with zero attached hydrogens (tertiary/aromatic N) is 3. The number of likely N-dealkylation sites (tertiary alicyclic amines) is 1. The fraction of sp³-hybridized carbons (Fsp3) is 0.364. The molecule has 2 heterocycles. The second kappa shape index (κ2) is 8.37. The van der Waals surface area contributed by atoms with E-state index in [0.29, 0.717) is 19.0 Å². The number of carbonyl (C=O) groups excluding carboxylic acids is 1. The normalized spacial score (nSPS) is 15.7. The number of piperidine rings is 1. The molecule has 0 N–H and O–H groups in total. The van der Waals surface area contributed by atoms with E-state index >= 15 is 0 Å². The molecule has 1 fully saturated rings. The second-order valence-corrected chi connectivity index (χ2v) is 9.70. The number of rotatable bonds is 6. The number of para-hydroxylation sites is 2. The highest BCUT2D eigenvalue weighted by Crippen LogP contribution is 2.22. The Morgan fingerprint density at radius 2 is 1.69 bits per heavy atom. The SMILES string of the molecule is O=C(CCS(=O)(=O)c1ccccc1)N1CCC(Cn2cnc3ccccc32)CC1. The lowest BCUT2D eigenvalue weighted by Gasteiger charge is -2.32. The number of hydrogen-bond acceptors (Lipinski definition) is 4. The molecule has 1 saturated heterocycles. The van der Waals surface area contributed by atoms with Gasteiger partial charge in [-0.25, -0.2) is 13.4 Å². The van der Waals surface area contributed by atoms with E-state index in [-0.39, 0.29) is 23.0 Å². The molecule has 0 radical (unpaired) electrons. The van der Waals surface area contributed by atoms with Crippen molar-refractivity contribution in [1.29, 1.82) is 0 Å². The van der Waals surface area contributed by atoms with E-state index in [9.17, 15) is 13.2 Å². The Labute approximate surface area is 171 Å². The van der Waals surface area contributed by atoms with Crippen molar-refractivity contribution in [3.8, 4) is 0 Å². The Bertz CT molecular complexity index is 1080. The van der Waals surface area contributed by atoms with Gasteiger partial charge in [-0.2, -0.15) is 0 Å². The molecule has 0 atom stereocenters. The van der Waals surface area contributed by atoms with Crippen LogP contribution in [0.2, 0.25) is 0 Å². The lowest BCUT2D eigenvalue weighted by Crippen LogP contribution is -2.39. The van der Waals surface area contributed by atoms with Crippen LogP contribution in [0.25, 0.3) is 11.0 Å². The number of imidazole rings is 1. The van der Waals surface area contributed by atoms with Crippen molar-refractivity contribution in [1.82, 2.24) is 14.5 Å². The molecule has 152 valence electrons. The summed E-state index contributed by atoms with van der Waals surface area (Å²) in [6, 6.07) is 16.4. The first kappa shape index (κ1) is 19.6. The van der Waals surface area contributed by atoms with Gasteiger partial charge in [-0.3, -0.25) is 4.79 Å². The van der Waals surface area contributed by atoms with E-state index in [0.717, 1.165) is 30.4 Å². The minimum absolute atomic E-state index is 0.0358. The van der Waals surface area contributed by atoms with Crippen molar-refractivity contribution in [2.24, 2.45) is 5.92 Å². The summed E-state index contributed by atoms with van der Waals surface area (Å²) in [4.78, 5) is 19.0.